The molecule has 2 N–H and O–H groups in total. The Morgan fingerprint density at radius 3 is 2.47 bits per heavy atom. The fraction of sp³-hybridized carbons (Fsp3) is 0.143. The molecule has 4 rings (SSSR count). The van der Waals surface area contributed by atoms with Crippen molar-refractivity contribution in [3.8, 4) is 23.0 Å². The van der Waals surface area contributed by atoms with Crippen molar-refractivity contribution in [1.29, 1.82) is 0 Å². The summed E-state index contributed by atoms with van der Waals surface area (Å²) in [5.41, 5.74) is 0.615. The van der Waals surface area contributed by atoms with Crippen LogP contribution in [0.5, 0.6) is 23.0 Å². The van der Waals surface area contributed by atoms with E-state index in [4.69, 9.17) is 14.2 Å². The molecule has 2 aromatic heterocycles. The van der Waals surface area contributed by atoms with Gasteiger partial charge in [-0.3, -0.25) is 10.3 Å². The fourth-order valence-corrected chi connectivity index (χ4v) is 3.51. The Labute approximate surface area is 186 Å². The monoisotopic (exact) mass is 455 g/mol. The van der Waals surface area contributed by atoms with Crippen molar-refractivity contribution in [2.24, 2.45) is 0 Å². The molecule has 0 aliphatic heterocycles. The number of rotatable bonds is 6. The second-order valence-corrected chi connectivity index (χ2v) is 7.66. The van der Waals surface area contributed by atoms with E-state index in [9.17, 15) is 9.18 Å². The van der Waals surface area contributed by atoms with Crippen molar-refractivity contribution in [2.75, 3.05) is 24.9 Å². The Morgan fingerprint density at radius 1 is 1.00 bits per heavy atom. The smallest absolute Gasteiger partial charge is 0.325 e. The van der Waals surface area contributed by atoms with Gasteiger partial charge < -0.3 is 19.5 Å². The van der Waals surface area contributed by atoms with Gasteiger partial charge in [0.2, 0.25) is 5.13 Å². The molecule has 11 heteroatoms. The number of hydrogen-bond acceptors (Lipinski definition) is 8. The highest BCUT2D eigenvalue weighted by Crippen LogP contribution is 2.37. The van der Waals surface area contributed by atoms with E-state index >= 15 is 0 Å². The number of pyridine rings is 1. The van der Waals surface area contributed by atoms with Crippen LogP contribution in [0.2, 0.25) is 0 Å². The number of anilines is 2. The highest BCUT2D eigenvalue weighted by Gasteiger charge is 2.14. The number of hydrogen-bond donors (Lipinski definition) is 2. The zero-order valence-corrected chi connectivity index (χ0v) is 18.1. The van der Waals surface area contributed by atoms with Gasteiger partial charge in [0.15, 0.2) is 11.5 Å². The predicted molar refractivity (Wildman–Crippen MR) is 119 cm³/mol. The average Bonchev–Trinajstić information content (AvgIpc) is 3.19. The number of ether oxygens (including phenoxy) is 3. The molecule has 0 aliphatic rings. The summed E-state index contributed by atoms with van der Waals surface area (Å²) >= 11 is 1.21. The molecule has 2 aromatic carbocycles. The molecule has 4 aromatic rings. The van der Waals surface area contributed by atoms with Gasteiger partial charge in [0.25, 0.3) is 0 Å². The molecule has 0 aliphatic carbocycles. The maximum absolute atomic E-state index is 14.6. The van der Waals surface area contributed by atoms with Crippen LogP contribution in [0.25, 0.3) is 10.9 Å². The van der Waals surface area contributed by atoms with Gasteiger partial charge in [-0.25, -0.2) is 9.18 Å². The molecular weight excluding hydrogens is 437 g/mol. The van der Waals surface area contributed by atoms with Crippen LogP contribution in [-0.4, -0.2) is 35.4 Å². The topological polar surface area (TPSA) is 107 Å². The predicted octanol–water partition coefficient (Wildman–Crippen LogP) is 4.99. The minimum Gasteiger partial charge on any atom is -0.493 e. The zero-order chi connectivity index (χ0) is 22.7. The first-order chi connectivity index (χ1) is 15.5. The van der Waals surface area contributed by atoms with Crippen LogP contribution >= 0.6 is 11.3 Å². The first-order valence-electron chi connectivity index (χ1n) is 9.33. The molecule has 2 heterocycles. The summed E-state index contributed by atoms with van der Waals surface area (Å²) in [6.45, 7) is 1.76. The van der Waals surface area contributed by atoms with Crippen molar-refractivity contribution < 1.29 is 23.4 Å². The molecule has 0 unspecified atom stereocenters. The minimum atomic E-state index is -0.663. The van der Waals surface area contributed by atoms with Crippen LogP contribution in [0.4, 0.5) is 20.0 Å². The number of amides is 2. The molecule has 0 fully saturated rings. The lowest BCUT2D eigenvalue weighted by atomic mass is 10.2. The molecule has 0 saturated heterocycles. The summed E-state index contributed by atoms with van der Waals surface area (Å²) in [5, 5.41) is 14.2. The molecule has 9 nitrogen and oxygen atoms in total. The first kappa shape index (κ1) is 21.2. The Balaban J connectivity index is 1.53. The number of nitrogens with zero attached hydrogens (tertiary/aromatic N) is 3. The Morgan fingerprint density at radius 2 is 1.78 bits per heavy atom. The largest absolute Gasteiger partial charge is 0.493 e. The highest BCUT2D eigenvalue weighted by atomic mass is 32.1. The van der Waals surface area contributed by atoms with E-state index in [1.165, 1.54) is 37.7 Å². The number of carbonyl (C=O) groups is 1. The van der Waals surface area contributed by atoms with Crippen LogP contribution in [0.15, 0.2) is 42.6 Å². The number of urea groups is 1. The number of aromatic nitrogens is 3. The SMILES string of the molecule is COc1cc2nccc(Oc3ccc(NC(=O)Nc4nnc(C)s4)c(F)c3)c2cc1OC. The maximum atomic E-state index is 14.6. The van der Waals surface area contributed by atoms with Gasteiger partial charge in [0.05, 0.1) is 25.4 Å². The number of halogens is 1. The van der Waals surface area contributed by atoms with Crippen molar-refractivity contribution in [3.05, 3.63) is 53.4 Å². The van der Waals surface area contributed by atoms with E-state index in [0.717, 1.165) is 0 Å². The molecular formula is C21H18FN5O4S. The number of fused-ring (bicyclic) bond motifs is 1. The van der Waals surface area contributed by atoms with Crippen molar-refractivity contribution in [1.82, 2.24) is 15.2 Å². The van der Waals surface area contributed by atoms with Crippen molar-refractivity contribution in [2.45, 2.75) is 6.92 Å². The quantitative estimate of drug-likeness (QED) is 0.422. The first-order valence-corrected chi connectivity index (χ1v) is 10.1. The van der Waals surface area contributed by atoms with Crippen molar-refractivity contribution >= 4 is 39.1 Å². The van der Waals surface area contributed by atoms with Gasteiger partial charge in [-0.1, -0.05) is 11.3 Å². The zero-order valence-electron chi connectivity index (χ0n) is 17.3. The minimum absolute atomic E-state index is 0.0120. The van der Waals surface area contributed by atoms with E-state index in [2.05, 4.69) is 25.8 Å². The summed E-state index contributed by atoms with van der Waals surface area (Å²) in [4.78, 5) is 16.4. The van der Waals surface area contributed by atoms with Gasteiger partial charge in [-0.05, 0) is 31.2 Å². The molecule has 0 atom stereocenters. The third-order valence-electron chi connectivity index (χ3n) is 4.37. The molecule has 0 saturated carbocycles. The van der Waals surface area contributed by atoms with E-state index in [0.29, 0.717) is 38.3 Å². The molecule has 164 valence electrons. The number of nitrogens with one attached hydrogen (secondary N) is 2. The van der Waals surface area contributed by atoms with Crippen LogP contribution in [-0.2, 0) is 0 Å². The van der Waals surface area contributed by atoms with Crippen LogP contribution in [0, 0.1) is 12.7 Å². The van der Waals surface area contributed by atoms with Gasteiger partial charge in [0, 0.05) is 23.7 Å². The third kappa shape index (κ3) is 4.52. The van der Waals surface area contributed by atoms with E-state index < -0.39 is 11.8 Å². The third-order valence-corrected chi connectivity index (χ3v) is 5.12. The molecule has 32 heavy (non-hydrogen) atoms. The van der Waals surface area contributed by atoms with Gasteiger partial charge in [-0.2, -0.15) is 0 Å². The van der Waals surface area contributed by atoms with Gasteiger partial charge in [0.1, 0.15) is 22.3 Å². The lowest BCUT2D eigenvalue weighted by Crippen LogP contribution is -2.20. The average molecular weight is 455 g/mol. The van der Waals surface area contributed by atoms with Crippen LogP contribution < -0.4 is 24.8 Å². The lowest BCUT2D eigenvalue weighted by Gasteiger charge is -2.13. The van der Waals surface area contributed by atoms with Crippen LogP contribution in [0.1, 0.15) is 5.01 Å². The lowest BCUT2D eigenvalue weighted by molar-refractivity contribution is 0.262. The number of benzene rings is 2. The Hall–Kier alpha value is -3.99. The fourth-order valence-electron chi connectivity index (χ4n) is 2.92. The number of carbonyl (C=O) groups excluding carboxylic acids is 1. The second-order valence-electron chi connectivity index (χ2n) is 6.48. The normalized spacial score (nSPS) is 10.6. The highest BCUT2D eigenvalue weighted by molar-refractivity contribution is 7.15. The van der Waals surface area contributed by atoms with E-state index in [-0.39, 0.29) is 11.4 Å². The Kier molecular flexibility index (Phi) is 5.99. The summed E-state index contributed by atoms with van der Waals surface area (Å²) < 4.78 is 31.1. The summed E-state index contributed by atoms with van der Waals surface area (Å²) in [5.74, 6) is 1.09. The maximum Gasteiger partial charge on any atom is 0.325 e. The molecule has 2 amide bonds. The summed E-state index contributed by atoms with van der Waals surface area (Å²) in [6, 6.07) is 8.63. The molecule has 0 spiro atoms. The number of methoxy groups -OCH3 is 2. The van der Waals surface area contributed by atoms with Crippen molar-refractivity contribution in [3.63, 3.8) is 0 Å². The Bertz CT molecular complexity index is 1300. The molecule has 0 bridgehead atoms. The molecule has 0 radical (unpaired) electrons. The van der Waals surface area contributed by atoms with E-state index in [1.807, 2.05) is 0 Å². The van der Waals surface area contributed by atoms with Crippen LogP contribution in [0.3, 0.4) is 0 Å². The summed E-state index contributed by atoms with van der Waals surface area (Å²) in [6.07, 6.45) is 1.58. The summed E-state index contributed by atoms with van der Waals surface area (Å²) in [7, 11) is 3.07. The van der Waals surface area contributed by atoms with E-state index in [1.54, 1.807) is 37.4 Å². The number of aryl methyl sites for hydroxylation is 1. The standard InChI is InChI=1S/C21H18FN5O4S/c1-11-26-27-21(32-11)25-20(28)24-15-5-4-12(8-14(15)22)31-17-6-7-23-16-10-19(30-3)18(29-2)9-13(16)17/h4-10H,1-3H3,(H2,24,25,27,28). The second kappa shape index (κ2) is 9.02. The van der Waals surface area contributed by atoms with Gasteiger partial charge in [-0.15, -0.1) is 10.2 Å². The van der Waals surface area contributed by atoms with Gasteiger partial charge >= 0.3 is 6.03 Å².